The third-order valence-corrected chi connectivity index (χ3v) is 5.73. The van der Waals surface area contributed by atoms with Crippen LogP contribution in [-0.2, 0) is 0 Å². The van der Waals surface area contributed by atoms with E-state index in [0.717, 1.165) is 46.0 Å². The Morgan fingerprint density at radius 3 is 2.77 bits per heavy atom. The van der Waals surface area contributed by atoms with Crippen molar-refractivity contribution in [2.45, 2.75) is 12.8 Å². The topological polar surface area (TPSA) is 64.9 Å². The molecule has 2 N–H and O–H groups in total. The minimum absolute atomic E-state index is 0.763. The van der Waals surface area contributed by atoms with Gasteiger partial charge in [-0.15, -0.1) is 11.3 Å². The van der Waals surface area contributed by atoms with Gasteiger partial charge < -0.3 is 15.6 Å². The first-order valence-corrected chi connectivity index (χ1v) is 9.60. The Kier molecular flexibility index (Phi) is 4.67. The van der Waals surface area contributed by atoms with Gasteiger partial charge in [0.05, 0.1) is 15.9 Å². The molecular weight excluding hydrogens is 342 g/mol. The maximum Gasteiger partial charge on any atom is 0.128 e. The molecule has 5 nitrogen and oxygen atoms in total. The molecule has 1 aliphatic rings. The Bertz CT molecular complexity index is 952. The van der Waals surface area contributed by atoms with Crippen molar-refractivity contribution < 1.29 is 0 Å². The molecule has 26 heavy (non-hydrogen) atoms. The standard InChI is InChI=1S/C20H21N5S/c1-22-12-15(11-21)16-5-6-18-17(24-16)10-19(26-18)14-4-7-20(23-13-14)25-8-2-3-9-25/h4-7,10-13,21-22H,2-3,8-9H2,1H3/b15-12+,21-11?. The average Bonchev–Trinajstić information content (AvgIpc) is 3.35. The number of hydrogen-bond donors (Lipinski definition) is 2. The van der Waals surface area contributed by atoms with E-state index in [4.69, 9.17) is 10.4 Å². The molecule has 0 saturated carbocycles. The molecule has 1 fully saturated rings. The van der Waals surface area contributed by atoms with E-state index in [1.54, 1.807) is 17.5 Å². The normalized spacial score (nSPS) is 14.8. The molecule has 3 aromatic heterocycles. The Hall–Kier alpha value is -2.73. The number of allylic oxidation sites excluding steroid dienone is 1. The van der Waals surface area contributed by atoms with Crippen molar-refractivity contribution >= 4 is 39.2 Å². The van der Waals surface area contributed by atoms with Crippen LogP contribution < -0.4 is 10.2 Å². The second-order valence-electron chi connectivity index (χ2n) is 6.32. The van der Waals surface area contributed by atoms with Crippen LogP contribution in [0.25, 0.3) is 26.2 Å². The zero-order valence-corrected chi connectivity index (χ0v) is 15.5. The molecule has 4 rings (SSSR count). The molecule has 0 unspecified atom stereocenters. The number of anilines is 1. The van der Waals surface area contributed by atoms with Crippen molar-refractivity contribution in [1.82, 2.24) is 15.3 Å². The number of aromatic nitrogens is 2. The van der Waals surface area contributed by atoms with Gasteiger partial charge >= 0.3 is 0 Å². The first-order valence-electron chi connectivity index (χ1n) is 8.79. The SMILES string of the molecule is CN/C=C(\C=N)c1ccc2sc(-c3ccc(N4CCCC4)nc3)cc2n1. The van der Waals surface area contributed by atoms with E-state index in [9.17, 15) is 0 Å². The predicted molar refractivity (Wildman–Crippen MR) is 110 cm³/mol. The maximum absolute atomic E-state index is 7.56. The summed E-state index contributed by atoms with van der Waals surface area (Å²) in [6.45, 7) is 2.22. The summed E-state index contributed by atoms with van der Waals surface area (Å²) in [6, 6.07) is 10.4. The second-order valence-corrected chi connectivity index (χ2v) is 7.41. The number of fused-ring (bicyclic) bond motifs is 1. The van der Waals surface area contributed by atoms with Gasteiger partial charge in [0, 0.05) is 54.8 Å². The Labute approximate surface area is 156 Å². The van der Waals surface area contributed by atoms with Gasteiger partial charge in [0.25, 0.3) is 0 Å². The van der Waals surface area contributed by atoms with Crippen molar-refractivity contribution in [3.8, 4) is 10.4 Å². The number of pyridine rings is 2. The molecule has 3 aromatic rings. The molecule has 0 bridgehead atoms. The van der Waals surface area contributed by atoms with E-state index in [-0.39, 0.29) is 0 Å². The first kappa shape index (κ1) is 16.7. The molecule has 1 aliphatic heterocycles. The summed E-state index contributed by atoms with van der Waals surface area (Å²) in [6.07, 6.45) is 7.58. The van der Waals surface area contributed by atoms with Crippen LogP contribution in [-0.4, -0.2) is 36.3 Å². The Morgan fingerprint density at radius 1 is 1.23 bits per heavy atom. The third-order valence-electron chi connectivity index (χ3n) is 4.59. The van der Waals surface area contributed by atoms with Crippen LogP contribution in [0.2, 0.25) is 0 Å². The Balaban J connectivity index is 1.64. The summed E-state index contributed by atoms with van der Waals surface area (Å²) in [5.74, 6) is 1.07. The van der Waals surface area contributed by atoms with Gasteiger partial charge in [0.15, 0.2) is 0 Å². The van der Waals surface area contributed by atoms with Gasteiger partial charge in [-0.3, -0.25) is 0 Å². The fraction of sp³-hybridized carbons (Fsp3) is 0.250. The van der Waals surface area contributed by atoms with E-state index in [0.29, 0.717) is 0 Å². The fourth-order valence-electron chi connectivity index (χ4n) is 3.24. The van der Waals surface area contributed by atoms with Crippen molar-refractivity contribution in [2.24, 2.45) is 0 Å². The predicted octanol–water partition coefficient (Wildman–Crippen LogP) is 4.17. The smallest absolute Gasteiger partial charge is 0.128 e. The quantitative estimate of drug-likeness (QED) is 0.668. The van der Waals surface area contributed by atoms with E-state index in [2.05, 4.69) is 39.5 Å². The first-order chi connectivity index (χ1) is 12.8. The number of nitrogens with zero attached hydrogens (tertiary/aromatic N) is 3. The van der Waals surface area contributed by atoms with Gasteiger partial charge in [-0.2, -0.15) is 0 Å². The monoisotopic (exact) mass is 363 g/mol. The summed E-state index contributed by atoms with van der Waals surface area (Å²) in [4.78, 5) is 12.9. The highest BCUT2D eigenvalue weighted by atomic mass is 32.1. The second kappa shape index (κ2) is 7.25. The molecule has 4 heterocycles. The molecule has 1 saturated heterocycles. The van der Waals surface area contributed by atoms with Gasteiger partial charge in [0.2, 0.25) is 0 Å². The average molecular weight is 363 g/mol. The van der Waals surface area contributed by atoms with Gasteiger partial charge in [-0.25, -0.2) is 9.97 Å². The number of rotatable bonds is 5. The van der Waals surface area contributed by atoms with Crippen LogP contribution in [0.4, 0.5) is 5.82 Å². The number of thiophene rings is 1. The molecule has 0 aliphatic carbocycles. The minimum Gasteiger partial charge on any atom is -0.393 e. The molecule has 0 radical (unpaired) electrons. The summed E-state index contributed by atoms with van der Waals surface area (Å²) < 4.78 is 1.14. The summed E-state index contributed by atoms with van der Waals surface area (Å²) >= 11 is 1.72. The maximum atomic E-state index is 7.56. The molecule has 6 heteroatoms. The van der Waals surface area contributed by atoms with E-state index in [1.807, 2.05) is 19.3 Å². The van der Waals surface area contributed by atoms with Crippen molar-refractivity contribution in [1.29, 1.82) is 5.41 Å². The van der Waals surface area contributed by atoms with Crippen LogP contribution in [0.5, 0.6) is 0 Å². The van der Waals surface area contributed by atoms with Crippen LogP contribution in [0.1, 0.15) is 18.5 Å². The van der Waals surface area contributed by atoms with Crippen molar-refractivity contribution in [2.75, 3.05) is 25.0 Å². The zero-order valence-electron chi connectivity index (χ0n) is 14.7. The lowest BCUT2D eigenvalue weighted by Crippen LogP contribution is -2.18. The summed E-state index contributed by atoms with van der Waals surface area (Å²) in [5.41, 5.74) is 3.64. The van der Waals surface area contributed by atoms with E-state index >= 15 is 0 Å². The van der Waals surface area contributed by atoms with E-state index < -0.39 is 0 Å². The van der Waals surface area contributed by atoms with Crippen molar-refractivity contribution in [3.63, 3.8) is 0 Å². The fourth-order valence-corrected chi connectivity index (χ4v) is 4.23. The van der Waals surface area contributed by atoms with Crippen LogP contribution in [0.3, 0.4) is 0 Å². The number of hydrogen-bond acceptors (Lipinski definition) is 6. The van der Waals surface area contributed by atoms with Gasteiger partial charge in [-0.05, 0) is 43.2 Å². The highest BCUT2D eigenvalue weighted by Crippen LogP contribution is 2.33. The molecule has 0 amide bonds. The molecule has 0 atom stereocenters. The lowest BCUT2D eigenvalue weighted by molar-refractivity contribution is 0.938. The van der Waals surface area contributed by atoms with Crippen molar-refractivity contribution in [3.05, 3.63) is 48.4 Å². The molecular formula is C20H21N5S. The Morgan fingerprint density at radius 2 is 2.08 bits per heavy atom. The van der Waals surface area contributed by atoms with E-state index in [1.165, 1.54) is 23.9 Å². The van der Waals surface area contributed by atoms with Gasteiger partial charge in [-0.1, -0.05) is 0 Å². The van der Waals surface area contributed by atoms with Crippen LogP contribution in [0, 0.1) is 5.41 Å². The number of nitrogens with one attached hydrogen (secondary N) is 2. The van der Waals surface area contributed by atoms with Gasteiger partial charge in [0.1, 0.15) is 5.82 Å². The molecule has 132 valence electrons. The lowest BCUT2D eigenvalue weighted by atomic mass is 10.2. The largest absolute Gasteiger partial charge is 0.393 e. The van der Waals surface area contributed by atoms with Crippen LogP contribution in [0.15, 0.2) is 42.7 Å². The lowest BCUT2D eigenvalue weighted by Gasteiger charge is -2.15. The summed E-state index contributed by atoms with van der Waals surface area (Å²) in [7, 11) is 1.82. The van der Waals surface area contributed by atoms with Crippen LogP contribution >= 0.6 is 11.3 Å². The molecule has 0 spiro atoms. The zero-order chi connectivity index (χ0) is 17.9. The highest BCUT2D eigenvalue weighted by molar-refractivity contribution is 7.22. The molecule has 0 aromatic carbocycles. The third kappa shape index (κ3) is 3.20. The summed E-state index contributed by atoms with van der Waals surface area (Å²) in [5, 5.41) is 10.5. The minimum atomic E-state index is 0.763. The highest BCUT2D eigenvalue weighted by Gasteiger charge is 2.14.